The number of rotatable bonds is 8. The molecule has 0 radical (unpaired) electrons. The van der Waals surface area contributed by atoms with Gasteiger partial charge in [-0.1, -0.05) is 17.7 Å². The van der Waals surface area contributed by atoms with Gasteiger partial charge in [-0.3, -0.25) is 9.59 Å². The van der Waals surface area contributed by atoms with E-state index in [1.165, 1.54) is 0 Å². The number of amides is 4. The quantitative estimate of drug-likeness (QED) is 0.566. The fraction of sp³-hybridized carbons (Fsp3) is 0.423. The normalized spacial score (nSPS) is 14.7. The number of ether oxygens (including phenoxy) is 1. The summed E-state index contributed by atoms with van der Waals surface area (Å²) in [5.41, 5.74) is 1.09. The van der Waals surface area contributed by atoms with Crippen molar-refractivity contribution in [2.24, 2.45) is 5.92 Å². The number of hydrogen-bond acceptors (Lipinski definition) is 4. The number of carbonyl (C=O) groups excluding carboxylic acids is 3. The summed E-state index contributed by atoms with van der Waals surface area (Å²) in [6, 6.07) is 12.9. The fourth-order valence-electron chi connectivity index (χ4n) is 4.28. The highest BCUT2D eigenvalue weighted by Gasteiger charge is 2.35. The average molecular weight is 501 g/mol. The van der Waals surface area contributed by atoms with E-state index < -0.39 is 6.04 Å². The highest BCUT2D eigenvalue weighted by atomic mass is 35.5. The molecule has 3 rings (SSSR count). The van der Waals surface area contributed by atoms with Crippen LogP contribution in [0.4, 0.5) is 10.5 Å². The summed E-state index contributed by atoms with van der Waals surface area (Å²) in [5.74, 6) is 0.166. The number of anilines is 1. The first-order chi connectivity index (χ1) is 16.9. The molecule has 1 aliphatic rings. The maximum absolute atomic E-state index is 13.3. The Morgan fingerprint density at radius 2 is 1.74 bits per heavy atom. The zero-order valence-electron chi connectivity index (χ0n) is 20.4. The number of methoxy groups -OCH3 is 1. The molecule has 1 heterocycles. The van der Waals surface area contributed by atoms with E-state index in [4.69, 9.17) is 16.3 Å². The molecule has 35 heavy (non-hydrogen) atoms. The van der Waals surface area contributed by atoms with E-state index in [1.807, 2.05) is 13.8 Å². The first-order valence-electron chi connectivity index (χ1n) is 11.9. The number of urea groups is 1. The molecule has 0 saturated carbocycles. The first-order valence-corrected chi connectivity index (χ1v) is 12.3. The monoisotopic (exact) mass is 500 g/mol. The van der Waals surface area contributed by atoms with Gasteiger partial charge in [0.05, 0.1) is 7.11 Å². The van der Waals surface area contributed by atoms with Crippen LogP contribution in [0.15, 0.2) is 48.5 Å². The lowest BCUT2D eigenvalue weighted by Gasteiger charge is -2.37. The molecule has 1 atom stereocenters. The molecule has 2 aromatic carbocycles. The van der Waals surface area contributed by atoms with Crippen LogP contribution in [0.1, 0.15) is 37.0 Å². The molecule has 2 aromatic rings. The number of halogens is 1. The largest absolute Gasteiger partial charge is 0.497 e. The highest BCUT2D eigenvalue weighted by Crippen LogP contribution is 2.24. The molecule has 0 spiro atoms. The van der Waals surface area contributed by atoms with Crippen molar-refractivity contribution in [3.8, 4) is 5.75 Å². The molecule has 0 aromatic heterocycles. The number of benzene rings is 2. The lowest BCUT2D eigenvalue weighted by Crippen LogP contribution is -2.55. The van der Waals surface area contributed by atoms with Crippen LogP contribution in [0.2, 0.25) is 5.02 Å². The number of likely N-dealkylation sites (tertiary alicyclic amines) is 1. The Morgan fingerprint density at radius 1 is 1.09 bits per heavy atom. The first kappa shape index (κ1) is 26.3. The minimum Gasteiger partial charge on any atom is -0.497 e. The molecule has 2 N–H and O–H groups in total. The second-order valence-electron chi connectivity index (χ2n) is 8.46. The van der Waals surface area contributed by atoms with Crippen molar-refractivity contribution in [3.05, 3.63) is 59.1 Å². The third kappa shape index (κ3) is 6.88. The average Bonchev–Trinajstić information content (AvgIpc) is 2.88. The van der Waals surface area contributed by atoms with Crippen LogP contribution in [0.3, 0.4) is 0 Å². The van der Waals surface area contributed by atoms with Crippen molar-refractivity contribution < 1.29 is 19.1 Å². The third-order valence-corrected chi connectivity index (χ3v) is 6.59. The minimum atomic E-state index is -0.664. The number of hydrogen-bond donors (Lipinski definition) is 2. The van der Waals surface area contributed by atoms with E-state index in [1.54, 1.807) is 65.4 Å². The number of likely N-dealkylation sites (N-methyl/N-ethyl adjacent to an activating group) is 1. The predicted molar refractivity (Wildman–Crippen MR) is 137 cm³/mol. The van der Waals surface area contributed by atoms with Gasteiger partial charge >= 0.3 is 6.03 Å². The zero-order valence-corrected chi connectivity index (χ0v) is 21.2. The number of nitrogens with one attached hydrogen (secondary N) is 2. The standard InChI is InChI=1S/C26H33ClN4O4/c1-4-30(5-2)25(33)23(29-24(32)19-9-11-22(35-3)12-10-19)18-13-15-31(16-14-18)26(34)28-21-8-6-7-20(27)17-21/h6-12,17-18,23H,4-5,13-16H2,1-3H3,(H,28,34)(H,29,32)/t23-/m1/s1. The number of nitrogens with zero attached hydrogens (tertiary/aromatic N) is 2. The molecule has 1 fully saturated rings. The number of piperidine rings is 1. The summed E-state index contributed by atoms with van der Waals surface area (Å²) in [5, 5.41) is 6.39. The summed E-state index contributed by atoms with van der Waals surface area (Å²) in [6.45, 7) is 5.93. The lowest BCUT2D eigenvalue weighted by atomic mass is 9.88. The van der Waals surface area contributed by atoms with E-state index in [0.29, 0.717) is 61.0 Å². The van der Waals surface area contributed by atoms with Gasteiger partial charge in [-0.2, -0.15) is 0 Å². The van der Waals surface area contributed by atoms with E-state index >= 15 is 0 Å². The summed E-state index contributed by atoms with van der Waals surface area (Å²) >= 11 is 6.01. The molecule has 1 saturated heterocycles. The van der Waals surface area contributed by atoms with Gasteiger partial charge in [0.1, 0.15) is 11.8 Å². The van der Waals surface area contributed by atoms with Gasteiger partial charge in [0.15, 0.2) is 0 Å². The Labute approximate surface area is 211 Å². The predicted octanol–water partition coefficient (Wildman–Crippen LogP) is 4.26. The second-order valence-corrected chi connectivity index (χ2v) is 8.89. The molecule has 0 unspecified atom stereocenters. The molecular weight excluding hydrogens is 468 g/mol. The zero-order chi connectivity index (χ0) is 25.4. The molecule has 1 aliphatic heterocycles. The molecule has 4 amide bonds. The molecule has 0 aliphatic carbocycles. The number of carbonyl (C=O) groups is 3. The Balaban J connectivity index is 1.68. The molecule has 8 nitrogen and oxygen atoms in total. The maximum atomic E-state index is 13.3. The van der Waals surface area contributed by atoms with Crippen molar-refractivity contribution in [3.63, 3.8) is 0 Å². The van der Waals surface area contributed by atoms with Crippen molar-refractivity contribution in [1.29, 1.82) is 0 Å². The van der Waals surface area contributed by atoms with Crippen molar-refractivity contribution in [2.45, 2.75) is 32.7 Å². The van der Waals surface area contributed by atoms with Crippen LogP contribution in [0, 0.1) is 5.92 Å². The Kier molecular flexibility index (Phi) is 9.37. The molecule has 9 heteroatoms. The van der Waals surface area contributed by atoms with Crippen molar-refractivity contribution in [1.82, 2.24) is 15.1 Å². The van der Waals surface area contributed by atoms with Gasteiger partial charge in [0.25, 0.3) is 5.91 Å². The van der Waals surface area contributed by atoms with Gasteiger partial charge in [0, 0.05) is 42.5 Å². The third-order valence-electron chi connectivity index (χ3n) is 6.35. The van der Waals surface area contributed by atoms with Gasteiger partial charge in [0.2, 0.25) is 5.91 Å². The second kappa shape index (κ2) is 12.4. The van der Waals surface area contributed by atoms with Crippen LogP contribution < -0.4 is 15.4 Å². The summed E-state index contributed by atoms with van der Waals surface area (Å²) in [7, 11) is 1.56. The summed E-state index contributed by atoms with van der Waals surface area (Å²) < 4.78 is 5.16. The van der Waals surface area contributed by atoms with Gasteiger partial charge in [-0.15, -0.1) is 0 Å². The smallest absolute Gasteiger partial charge is 0.321 e. The Bertz CT molecular complexity index is 1020. The van der Waals surface area contributed by atoms with Crippen molar-refractivity contribution >= 4 is 35.1 Å². The Morgan fingerprint density at radius 3 is 2.31 bits per heavy atom. The van der Waals surface area contributed by atoms with Crippen molar-refractivity contribution in [2.75, 3.05) is 38.6 Å². The van der Waals surface area contributed by atoms with Gasteiger partial charge in [-0.05, 0) is 75.1 Å². The summed E-state index contributed by atoms with van der Waals surface area (Å²) in [6.07, 6.45) is 1.20. The summed E-state index contributed by atoms with van der Waals surface area (Å²) in [4.78, 5) is 42.5. The van der Waals surface area contributed by atoms with E-state index in [2.05, 4.69) is 10.6 Å². The van der Waals surface area contributed by atoms with Crippen LogP contribution in [-0.2, 0) is 4.79 Å². The van der Waals surface area contributed by atoms with Gasteiger partial charge in [-0.25, -0.2) is 4.79 Å². The van der Waals surface area contributed by atoms with Crippen LogP contribution in [0.25, 0.3) is 0 Å². The topological polar surface area (TPSA) is 91.0 Å². The minimum absolute atomic E-state index is 0.0829. The Hall–Kier alpha value is -3.26. The maximum Gasteiger partial charge on any atom is 0.321 e. The van der Waals surface area contributed by atoms with E-state index in [-0.39, 0.29) is 23.8 Å². The van der Waals surface area contributed by atoms with Gasteiger partial charge < -0.3 is 25.2 Å². The lowest BCUT2D eigenvalue weighted by molar-refractivity contribution is -0.134. The fourth-order valence-corrected chi connectivity index (χ4v) is 4.48. The highest BCUT2D eigenvalue weighted by molar-refractivity contribution is 6.30. The van der Waals surface area contributed by atoms with E-state index in [9.17, 15) is 14.4 Å². The van der Waals surface area contributed by atoms with Crippen LogP contribution >= 0.6 is 11.6 Å². The molecular formula is C26H33ClN4O4. The van der Waals surface area contributed by atoms with Crippen LogP contribution in [0.5, 0.6) is 5.75 Å². The SMILES string of the molecule is CCN(CC)C(=O)[C@H](NC(=O)c1ccc(OC)cc1)C1CCN(C(=O)Nc2cccc(Cl)c2)CC1. The van der Waals surface area contributed by atoms with Crippen LogP contribution in [-0.4, -0.2) is 67.0 Å². The van der Waals surface area contributed by atoms with E-state index in [0.717, 1.165) is 0 Å². The molecule has 188 valence electrons. The molecule has 0 bridgehead atoms.